The van der Waals surface area contributed by atoms with Gasteiger partial charge in [0.25, 0.3) is 0 Å². The fourth-order valence-corrected chi connectivity index (χ4v) is 4.02. The quantitative estimate of drug-likeness (QED) is 0.657. The standard InChI is InChI=1S/C21H28N6O2/c1-26(10-8-15-6-7-17(28-2)18(11-15)29-3)16-5-4-9-27(12-16)21-19-20(23-13-22-19)24-14-25-21/h6-7,11,13-14,16H,4-5,8-10,12H2,1-3H3,(H,22,23,24,25)/t16-/m1/s1. The van der Waals surface area contributed by atoms with E-state index in [1.807, 2.05) is 6.07 Å². The van der Waals surface area contributed by atoms with Crippen LogP contribution in [0, 0.1) is 0 Å². The number of aromatic amines is 1. The third-order valence-corrected chi connectivity index (χ3v) is 5.72. The Kier molecular flexibility index (Phi) is 5.80. The van der Waals surface area contributed by atoms with Crippen LogP contribution in [0.25, 0.3) is 11.2 Å². The number of nitrogens with one attached hydrogen (secondary N) is 1. The van der Waals surface area contributed by atoms with Crippen molar-refractivity contribution in [2.75, 3.05) is 45.8 Å². The Morgan fingerprint density at radius 3 is 2.86 bits per heavy atom. The Bertz CT molecular complexity index is 959. The van der Waals surface area contributed by atoms with Crippen molar-refractivity contribution in [1.82, 2.24) is 24.8 Å². The van der Waals surface area contributed by atoms with Crippen LogP contribution >= 0.6 is 0 Å². The molecule has 0 unspecified atom stereocenters. The summed E-state index contributed by atoms with van der Waals surface area (Å²) in [5, 5.41) is 0. The first-order valence-corrected chi connectivity index (χ1v) is 9.99. The highest BCUT2D eigenvalue weighted by molar-refractivity contribution is 5.82. The summed E-state index contributed by atoms with van der Waals surface area (Å²) in [7, 11) is 5.55. The molecular formula is C21H28N6O2. The molecule has 1 aliphatic rings. The number of rotatable bonds is 7. The normalized spacial score (nSPS) is 17.1. The van der Waals surface area contributed by atoms with Gasteiger partial charge in [-0.2, -0.15) is 0 Å². The molecule has 0 amide bonds. The average molecular weight is 396 g/mol. The number of fused-ring (bicyclic) bond motifs is 1. The molecule has 8 nitrogen and oxygen atoms in total. The monoisotopic (exact) mass is 396 g/mol. The van der Waals surface area contributed by atoms with Crippen molar-refractivity contribution in [2.45, 2.75) is 25.3 Å². The lowest BCUT2D eigenvalue weighted by Crippen LogP contribution is -2.47. The second-order valence-corrected chi connectivity index (χ2v) is 7.46. The molecule has 0 aliphatic carbocycles. The summed E-state index contributed by atoms with van der Waals surface area (Å²) in [6, 6.07) is 6.63. The van der Waals surface area contributed by atoms with Crippen molar-refractivity contribution in [3.63, 3.8) is 0 Å². The molecule has 1 aromatic carbocycles. The lowest BCUT2D eigenvalue weighted by atomic mass is 10.0. The number of aromatic nitrogens is 4. The van der Waals surface area contributed by atoms with Gasteiger partial charge in [-0.05, 0) is 44.0 Å². The van der Waals surface area contributed by atoms with Gasteiger partial charge in [-0.15, -0.1) is 0 Å². The van der Waals surface area contributed by atoms with Crippen LogP contribution in [0.2, 0.25) is 0 Å². The van der Waals surface area contributed by atoms with E-state index in [0.29, 0.717) is 6.04 Å². The van der Waals surface area contributed by atoms with Gasteiger partial charge < -0.3 is 24.3 Å². The van der Waals surface area contributed by atoms with E-state index < -0.39 is 0 Å². The Labute approximate surface area is 170 Å². The van der Waals surface area contributed by atoms with E-state index in [9.17, 15) is 0 Å². The summed E-state index contributed by atoms with van der Waals surface area (Å²) >= 11 is 0. The molecule has 0 bridgehead atoms. The average Bonchev–Trinajstić information content (AvgIpc) is 3.26. The highest BCUT2D eigenvalue weighted by Gasteiger charge is 2.25. The summed E-state index contributed by atoms with van der Waals surface area (Å²) in [4.78, 5) is 21.0. The van der Waals surface area contributed by atoms with Gasteiger partial charge in [0.2, 0.25) is 0 Å². The van der Waals surface area contributed by atoms with Gasteiger partial charge in [0.15, 0.2) is 23.0 Å². The zero-order chi connectivity index (χ0) is 20.2. The predicted molar refractivity (Wildman–Crippen MR) is 113 cm³/mol. The molecule has 2 aromatic heterocycles. The molecule has 1 atom stereocenters. The summed E-state index contributed by atoms with van der Waals surface area (Å²) in [5.41, 5.74) is 2.89. The Morgan fingerprint density at radius 2 is 2.03 bits per heavy atom. The molecule has 3 aromatic rings. The lowest BCUT2D eigenvalue weighted by Gasteiger charge is -2.38. The maximum atomic E-state index is 5.43. The first kappa shape index (κ1) is 19.4. The molecule has 0 radical (unpaired) electrons. The molecule has 29 heavy (non-hydrogen) atoms. The first-order chi connectivity index (χ1) is 14.2. The van der Waals surface area contributed by atoms with Crippen molar-refractivity contribution in [2.24, 2.45) is 0 Å². The smallest absolute Gasteiger partial charge is 0.182 e. The molecule has 1 fully saturated rings. The van der Waals surface area contributed by atoms with Crippen LogP contribution < -0.4 is 14.4 Å². The van der Waals surface area contributed by atoms with Gasteiger partial charge in [-0.25, -0.2) is 15.0 Å². The second kappa shape index (κ2) is 8.65. The number of ether oxygens (including phenoxy) is 2. The number of hydrogen-bond donors (Lipinski definition) is 1. The maximum Gasteiger partial charge on any atom is 0.182 e. The van der Waals surface area contributed by atoms with Crippen molar-refractivity contribution < 1.29 is 9.47 Å². The fraction of sp³-hybridized carbons (Fsp3) is 0.476. The Hall–Kier alpha value is -2.87. The van der Waals surface area contributed by atoms with Crippen LogP contribution in [-0.2, 0) is 6.42 Å². The highest BCUT2D eigenvalue weighted by atomic mass is 16.5. The number of piperidine rings is 1. The van der Waals surface area contributed by atoms with Crippen LogP contribution in [0.1, 0.15) is 18.4 Å². The minimum Gasteiger partial charge on any atom is -0.493 e. The van der Waals surface area contributed by atoms with Crippen LogP contribution in [0.5, 0.6) is 11.5 Å². The van der Waals surface area contributed by atoms with Crippen LogP contribution in [0.15, 0.2) is 30.9 Å². The molecule has 0 spiro atoms. The van der Waals surface area contributed by atoms with Crippen LogP contribution in [0.4, 0.5) is 5.82 Å². The second-order valence-electron chi connectivity index (χ2n) is 7.46. The molecule has 1 aliphatic heterocycles. The Morgan fingerprint density at radius 1 is 1.17 bits per heavy atom. The van der Waals surface area contributed by atoms with Gasteiger partial charge in [-0.1, -0.05) is 6.07 Å². The zero-order valence-electron chi connectivity index (χ0n) is 17.3. The van der Waals surface area contributed by atoms with Crippen molar-refractivity contribution >= 4 is 17.0 Å². The van der Waals surface area contributed by atoms with Gasteiger partial charge in [-0.3, -0.25) is 0 Å². The fourth-order valence-electron chi connectivity index (χ4n) is 4.02. The van der Waals surface area contributed by atoms with E-state index in [1.165, 1.54) is 12.0 Å². The van der Waals surface area contributed by atoms with Gasteiger partial charge in [0.1, 0.15) is 11.8 Å². The number of anilines is 1. The number of imidazole rings is 1. The number of likely N-dealkylation sites (N-methyl/N-ethyl adjacent to an activating group) is 1. The predicted octanol–water partition coefficient (Wildman–Crippen LogP) is 2.51. The first-order valence-electron chi connectivity index (χ1n) is 9.99. The molecule has 0 saturated carbocycles. The van der Waals surface area contributed by atoms with E-state index in [1.54, 1.807) is 26.9 Å². The molecule has 1 saturated heterocycles. The molecule has 4 rings (SSSR count). The minimum atomic E-state index is 0.483. The summed E-state index contributed by atoms with van der Waals surface area (Å²) in [6.45, 7) is 2.94. The highest BCUT2D eigenvalue weighted by Crippen LogP contribution is 2.28. The Balaban J connectivity index is 1.40. The minimum absolute atomic E-state index is 0.483. The van der Waals surface area contributed by atoms with Gasteiger partial charge in [0.05, 0.1) is 20.5 Å². The molecule has 3 heterocycles. The van der Waals surface area contributed by atoms with E-state index in [4.69, 9.17) is 9.47 Å². The third-order valence-electron chi connectivity index (χ3n) is 5.72. The zero-order valence-corrected chi connectivity index (χ0v) is 17.3. The molecule has 154 valence electrons. The van der Waals surface area contributed by atoms with Crippen molar-refractivity contribution in [3.8, 4) is 11.5 Å². The maximum absolute atomic E-state index is 5.43. The number of methoxy groups -OCH3 is 2. The number of benzene rings is 1. The van der Waals surface area contributed by atoms with E-state index in [2.05, 4.69) is 48.9 Å². The largest absolute Gasteiger partial charge is 0.493 e. The molecule has 1 N–H and O–H groups in total. The summed E-state index contributed by atoms with van der Waals surface area (Å²) < 4.78 is 10.8. The van der Waals surface area contributed by atoms with Gasteiger partial charge >= 0.3 is 0 Å². The van der Waals surface area contributed by atoms with Crippen molar-refractivity contribution in [1.29, 1.82) is 0 Å². The van der Waals surface area contributed by atoms with Crippen LogP contribution in [-0.4, -0.2) is 71.8 Å². The molecular weight excluding hydrogens is 368 g/mol. The van der Waals surface area contributed by atoms with Crippen LogP contribution in [0.3, 0.4) is 0 Å². The van der Waals surface area contributed by atoms with E-state index >= 15 is 0 Å². The number of hydrogen-bond acceptors (Lipinski definition) is 7. The number of nitrogens with zero attached hydrogens (tertiary/aromatic N) is 5. The van der Waals surface area contributed by atoms with E-state index in [-0.39, 0.29) is 0 Å². The summed E-state index contributed by atoms with van der Waals surface area (Å²) in [6.07, 6.45) is 6.58. The van der Waals surface area contributed by atoms with Gasteiger partial charge in [0, 0.05) is 25.7 Å². The third kappa shape index (κ3) is 4.12. The topological polar surface area (TPSA) is 79.4 Å². The van der Waals surface area contributed by atoms with Crippen molar-refractivity contribution in [3.05, 3.63) is 36.4 Å². The SMILES string of the molecule is COc1ccc(CCN(C)[C@@H]2CCCN(c3ncnc4nc[nH]c34)C2)cc1OC. The lowest BCUT2D eigenvalue weighted by molar-refractivity contribution is 0.217. The number of H-pyrrole nitrogens is 1. The molecule has 8 heteroatoms. The summed E-state index contributed by atoms with van der Waals surface area (Å²) in [5.74, 6) is 2.50. The van der Waals surface area contributed by atoms with E-state index in [0.717, 1.165) is 61.0 Å².